The molecular weight excluding hydrogens is 353 g/mol. The van der Waals surface area contributed by atoms with Crippen molar-refractivity contribution in [3.05, 3.63) is 29.8 Å². The lowest BCUT2D eigenvalue weighted by Crippen LogP contribution is -2.32. The zero-order chi connectivity index (χ0) is 17.6. The van der Waals surface area contributed by atoms with E-state index in [0.717, 1.165) is 25.9 Å². The summed E-state index contributed by atoms with van der Waals surface area (Å²) in [4.78, 5) is 12.3. The summed E-state index contributed by atoms with van der Waals surface area (Å²) in [5, 5.41) is 6.10. The summed E-state index contributed by atoms with van der Waals surface area (Å²) in [5.74, 6) is 0.674. The number of benzene rings is 1. The molecule has 1 aliphatic heterocycles. The van der Waals surface area contributed by atoms with Crippen LogP contribution in [-0.4, -0.2) is 25.2 Å². The zero-order valence-electron chi connectivity index (χ0n) is 14.4. The van der Waals surface area contributed by atoms with Crippen LogP contribution in [0.5, 0.6) is 0 Å². The van der Waals surface area contributed by atoms with Gasteiger partial charge in [0.2, 0.25) is 5.91 Å². The van der Waals surface area contributed by atoms with Gasteiger partial charge in [-0.3, -0.25) is 4.79 Å². The highest BCUT2D eigenvalue weighted by molar-refractivity contribution is 5.91. The fourth-order valence-electron chi connectivity index (χ4n) is 3.21. The maximum absolute atomic E-state index is 12.4. The van der Waals surface area contributed by atoms with Gasteiger partial charge in [0, 0.05) is 18.5 Å². The second kappa shape index (κ2) is 10.0. The lowest BCUT2D eigenvalue weighted by atomic mass is 9.84. The predicted octanol–water partition coefficient (Wildman–Crippen LogP) is 4.57. The van der Waals surface area contributed by atoms with E-state index in [1.54, 1.807) is 24.3 Å². The van der Waals surface area contributed by atoms with Gasteiger partial charge >= 0.3 is 6.18 Å². The minimum absolute atomic E-state index is 0. The number of hydrogen-bond acceptors (Lipinski definition) is 2. The van der Waals surface area contributed by atoms with E-state index >= 15 is 0 Å². The van der Waals surface area contributed by atoms with Crippen LogP contribution in [0.2, 0.25) is 0 Å². The van der Waals surface area contributed by atoms with Gasteiger partial charge < -0.3 is 10.6 Å². The summed E-state index contributed by atoms with van der Waals surface area (Å²) in [6, 6.07) is 6.72. The Labute approximate surface area is 153 Å². The van der Waals surface area contributed by atoms with Crippen LogP contribution in [0, 0.1) is 11.8 Å². The highest BCUT2D eigenvalue weighted by Crippen LogP contribution is 2.27. The van der Waals surface area contributed by atoms with Gasteiger partial charge in [-0.15, -0.1) is 12.4 Å². The molecule has 1 heterocycles. The molecule has 0 bridgehead atoms. The van der Waals surface area contributed by atoms with E-state index in [0.29, 0.717) is 23.6 Å². The van der Waals surface area contributed by atoms with E-state index in [1.165, 1.54) is 0 Å². The Bertz CT molecular complexity index is 545. The van der Waals surface area contributed by atoms with E-state index in [4.69, 9.17) is 0 Å². The number of piperidine rings is 1. The van der Waals surface area contributed by atoms with Crippen molar-refractivity contribution in [2.45, 2.75) is 45.2 Å². The van der Waals surface area contributed by atoms with Gasteiger partial charge in [-0.05, 0) is 55.8 Å². The first-order valence-corrected chi connectivity index (χ1v) is 8.50. The van der Waals surface area contributed by atoms with Crippen LogP contribution in [0.25, 0.3) is 0 Å². The summed E-state index contributed by atoms with van der Waals surface area (Å²) < 4.78 is 37.3. The van der Waals surface area contributed by atoms with Crippen LogP contribution in [0.1, 0.15) is 38.2 Å². The second-order valence-electron chi connectivity index (χ2n) is 6.59. The van der Waals surface area contributed by atoms with E-state index < -0.39 is 12.6 Å². The molecule has 1 fully saturated rings. The van der Waals surface area contributed by atoms with Crippen molar-refractivity contribution in [2.24, 2.45) is 11.8 Å². The molecule has 0 aliphatic carbocycles. The predicted molar refractivity (Wildman–Crippen MR) is 96.1 cm³/mol. The molecule has 0 aromatic heterocycles. The molecule has 0 radical (unpaired) electrons. The van der Waals surface area contributed by atoms with Crippen molar-refractivity contribution >= 4 is 24.0 Å². The number of alkyl halides is 3. The number of amides is 1. The molecule has 1 aromatic carbocycles. The average molecular weight is 379 g/mol. The minimum atomic E-state index is -4.19. The molecule has 3 nitrogen and oxygen atoms in total. The van der Waals surface area contributed by atoms with Crippen molar-refractivity contribution in [2.75, 3.05) is 18.4 Å². The summed E-state index contributed by atoms with van der Waals surface area (Å²) in [7, 11) is 0. The van der Waals surface area contributed by atoms with Crippen molar-refractivity contribution < 1.29 is 18.0 Å². The van der Waals surface area contributed by atoms with Crippen molar-refractivity contribution in [3.63, 3.8) is 0 Å². The van der Waals surface area contributed by atoms with Crippen molar-refractivity contribution in [1.82, 2.24) is 5.32 Å². The van der Waals surface area contributed by atoms with E-state index in [2.05, 4.69) is 17.6 Å². The summed E-state index contributed by atoms with van der Waals surface area (Å²) in [6.07, 6.45) is -2.67. The van der Waals surface area contributed by atoms with Crippen LogP contribution in [0.4, 0.5) is 18.9 Å². The van der Waals surface area contributed by atoms with Gasteiger partial charge in [0.1, 0.15) is 0 Å². The molecule has 25 heavy (non-hydrogen) atoms. The number of anilines is 1. The highest BCUT2D eigenvalue weighted by Gasteiger charge is 2.27. The maximum atomic E-state index is 12.4. The first kappa shape index (κ1) is 21.8. The largest absolute Gasteiger partial charge is 0.389 e. The molecular formula is C18H26ClF3N2O. The second-order valence-corrected chi connectivity index (χ2v) is 6.59. The molecule has 2 rings (SSSR count). The zero-order valence-corrected chi connectivity index (χ0v) is 15.2. The third-order valence-corrected chi connectivity index (χ3v) is 4.67. The smallest absolute Gasteiger partial charge is 0.326 e. The summed E-state index contributed by atoms with van der Waals surface area (Å²) in [5.41, 5.74) is 1.02. The number of aryl methyl sites for hydroxylation is 1. The monoisotopic (exact) mass is 378 g/mol. The number of carbonyl (C=O) groups excluding carboxylic acids is 1. The normalized spacial score (nSPS) is 16.8. The molecule has 1 aliphatic rings. The molecule has 0 spiro atoms. The molecule has 1 atom stereocenters. The molecule has 1 aromatic rings. The van der Waals surface area contributed by atoms with Gasteiger partial charge in [0.25, 0.3) is 0 Å². The molecule has 2 N–H and O–H groups in total. The van der Waals surface area contributed by atoms with E-state index in [-0.39, 0.29) is 30.7 Å². The number of rotatable bonds is 6. The number of nitrogens with one attached hydrogen (secondary N) is 2. The summed E-state index contributed by atoms with van der Waals surface area (Å²) >= 11 is 0. The lowest BCUT2D eigenvalue weighted by Gasteiger charge is -2.28. The Morgan fingerprint density at radius 2 is 1.92 bits per heavy atom. The number of carbonyl (C=O) groups is 1. The van der Waals surface area contributed by atoms with E-state index in [1.807, 2.05) is 0 Å². The minimum Gasteiger partial charge on any atom is -0.326 e. The highest BCUT2D eigenvalue weighted by atomic mass is 35.5. The Hall–Kier alpha value is -1.27. The fourth-order valence-corrected chi connectivity index (χ4v) is 3.21. The van der Waals surface area contributed by atoms with Gasteiger partial charge in [0.05, 0.1) is 0 Å². The summed E-state index contributed by atoms with van der Waals surface area (Å²) in [6.45, 7) is 4.04. The maximum Gasteiger partial charge on any atom is 0.389 e. The third-order valence-electron chi connectivity index (χ3n) is 4.67. The molecule has 142 valence electrons. The van der Waals surface area contributed by atoms with E-state index in [9.17, 15) is 18.0 Å². The molecule has 1 unspecified atom stereocenters. The van der Waals surface area contributed by atoms with Crippen LogP contribution < -0.4 is 10.6 Å². The lowest BCUT2D eigenvalue weighted by molar-refractivity contribution is -0.133. The van der Waals surface area contributed by atoms with Gasteiger partial charge in [0.15, 0.2) is 0 Å². The van der Waals surface area contributed by atoms with Crippen LogP contribution in [-0.2, 0) is 11.2 Å². The third kappa shape index (κ3) is 7.65. The first-order chi connectivity index (χ1) is 11.3. The molecule has 1 saturated heterocycles. The SMILES string of the molecule is CC(CC(=O)Nc1ccccc1CCC(F)(F)F)C1CCNCC1.Cl. The number of hydrogen-bond donors (Lipinski definition) is 2. The Morgan fingerprint density at radius 3 is 2.56 bits per heavy atom. The van der Waals surface area contributed by atoms with Gasteiger partial charge in [-0.1, -0.05) is 25.1 Å². The average Bonchev–Trinajstić information content (AvgIpc) is 2.54. The molecule has 7 heteroatoms. The number of para-hydroxylation sites is 1. The van der Waals surface area contributed by atoms with Crippen LogP contribution in [0.3, 0.4) is 0 Å². The topological polar surface area (TPSA) is 41.1 Å². The Morgan fingerprint density at radius 1 is 1.28 bits per heavy atom. The van der Waals surface area contributed by atoms with Gasteiger partial charge in [-0.2, -0.15) is 13.2 Å². The van der Waals surface area contributed by atoms with Crippen molar-refractivity contribution in [3.8, 4) is 0 Å². The Balaban J connectivity index is 0.00000312. The Kier molecular flexibility index (Phi) is 8.73. The standard InChI is InChI=1S/C18H25F3N2O.ClH/c1-13(14-7-10-22-11-8-14)12-17(24)23-16-5-3-2-4-15(16)6-9-18(19,20)21;/h2-5,13-14,22H,6-12H2,1H3,(H,23,24);1H. The first-order valence-electron chi connectivity index (χ1n) is 8.50. The molecule has 0 saturated carbocycles. The van der Waals surface area contributed by atoms with Crippen LogP contribution in [0.15, 0.2) is 24.3 Å². The molecule has 1 amide bonds. The van der Waals surface area contributed by atoms with Gasteiger partial charge in [-0.25, -0.2) is 0 Å². The number of halogens is 4. The van der Waals surface area contributed by atoms with Crippen molar-refractivity contribution in [1.29, 1.82) is 0 Å². The van der Waals surface area contributed by atoms with Crippen LogP contribution >= 0.6 is 12.4 Å². The fraction of sp³-hybridized carbons (Fsp3) is 0.611. The quantitative estimate of drug-likeness (QED) is 0.761.